The fourth-order valence-electron chi connectivity index (χ4n) is 2.10. The van der Waals surface area contributed by atoms with Crippen molar-refractivity contribution in [2.75, 3.05) is 5.73 Å². The van der Waals surface area contributed by atoms with E-state index < -0.39 is 32.3 Å². The molecule has 5 N–H and O–H groups in total. The van der Waals surface area contributed by atoms with Crippen LogP contribution in [0.15, 0.2) is 58.9 Å². The molecule has 3 aromatic rings. The molecular weight excluding hydrogens is 428 g/mol. The van der Waals surface area contributed by atoms with Gasteiger partial charge in [-0.3, -0.25) is 10.3 Å². The van der Waals surface area contributed by atoms with Crippen LogP contribution in [0.5, 0.6) is 5.75 Å². The molecule has 0 bridgehead atoms. The summed E-state index contributed by atoms with van der Waals surface area (Å²) < 4.78 is 31.8. The SMILES string of the molecule is Nc1scc[n+]1Cc1ccccc1Cl.O=C(O)c1cc(S(=O)(=O)O)ccc1O. The standard InChI is InChI=1S/C10H9ClN2S.C7H6O6S/c11-9-4-2-1-3-8(9)7-13-5-6-14-10(13)12;8-6-2-1-4(14(11,12)13)3-5(6)7(9)10/h1-6,12H,7H2;1-3,8H,(H,9,10)(H,11,12,13)/p+1. The molecule has 0 spiro atoms. The average molecular weight is 444 g/mol. The molecule has 0 saturated heterocycles. The Morgan fingerprint density at radius 2 is 1.89 bits per heavy atom. The van der Waals surface area contributed by atoms with Crippen LogP contribution in [0, 0.1) is 0 Å². The van der Waals surface area contributed by atoms with Crippen LogP contribution in [0.4, 0.5) is 5.13 Å². The molecule has 8 nitrogen and oxygen atoms in total. The highest BCUT2D eigenvalue weighted by molar-refractivity contribution is 7.85. The molecule has 0 saturated carbocycles. The lowest BCUT2D eigenvalue weighted by Gasteiger charge is -2.01. The molecular formula is C17H16ClN2O6S2+. The highest BCUT2D eigenvalue weighted by Crippen LogP contribution is 2.21. The van der Waals surface area contributed by atoms with Crippen LogP contribution in [0.25, 0.3) is 0 Å². The summed E-state index contributed by atoms with van der Waals surface area (Å²) in [5, 5.41) is 21.1. The topological polar surface area (TPSA) is 142 Å². The van der Waals surface area contributed by atoms with Gasteiger partial charge in [-0.25, -0.2) is 9.36 Å². The van der Waals surface area contributed by atoms with Crippen molar-refractivity contribution in [1.29, 1.82) is 0 Å². The maximum atomic E-state index is 10.6. The number of benzene rings is 2. The van der Waals surface area contributed by atoms with Gasteiger partial charge in [0.1, 0.15) is 24.1 Å². The number of carboxylic acids is 1. The maximum absolute atomic E-state index is 10.6. The molecule has 0 aliphatic heterocycles. The molecule has 28 heavy (non-hydrogen) atoms. The van der Waals surface area contributed by atoms with E-state index in [4.69, 9.17) is 32.1 Å². The summed E-state index contributed by atoms with van der Waals surface area (Å²) in [6.45, 7) is 0.731. The summed E-state index contributed by atoms with van der Waals surface area (Å²) in [5.74, 6) is -2.04. The summed E-state index contributed by atoms with van der Waals surface area (Å²) in [4.78, 5) is 9.89. The number of hydrogen-bond acceptors (Lipinski definition) is 6. The predicted octanol–water partition coefficient (Wildman–Crippen LogP) is 2.66. The number of thiazole rings is 1. The Morgan fingerprint density at radius 3 is 2.43 bits per heavy atom. The van der Waals surface area contributed by atoms with Crippen molar-refractivity contribution in [3.05, 3.63) is 70.2 Å². The van der Waals surface area contributed by atoms with Crippen molar-refractivity contribution in [2.45, 2.75) is 11.4 Å². The van der Waals surface area contributed by atoms with Gasteiger partial charge >= 0.3 is 11.1 Å². The van der Waals surface area contributed by atoms with Gasteiger partial charge in [-0.05, 0) is 24.3 Å². The number of hydrogen-bond donors (Lipinski definition) is 4. The summed E-state index contributed by atoms with van der Waals surface area (Å²) in [7, 11) is -4.45. The Hall–Kier alpha value is -2.66. The molecule has 0 amide bonds. The zero-order valence-electron chi connectivity index (χ0n) is 14.2. The molecule has 3 rings (SSSR count). The van der Waals surface area contributed by atoms with Crippen molar-refractivity contribution in [2.24, 2.45) is 0 Å². The lowest BCUT2D eigenvalue weighted by Crippen LogP contribution is -2.34. The molecule has 11 heteroatoms. The summed E-state index contributed by atoms with van der Waals surface area (Å²) in [6, 6.07) is 10.3. The smallest absolute Gasteiger partial charge is 0.339 e. The van der Waals surface area contributed by atoms with Crippen LogP contribution in [0.2, 0.25) is 5.02 Å². The molecule has 0 radical (unpaired) electrons. The monoisotopic (exact) mass is 443 g/mol. The third kappa shape index (κ3) is 5.67. The van der Waals surface area contributed by atoms with Crippen LogP contribution < -0.4 is 10.3 Å². The van der Waals surface area contributed by atoms with E-state index >= 15 is 0 Å². The van der Waals surface area contributed by atoms with E-state index in [1.54, 1.807) is 0 Å². The first-order valence-electron chi connectivity index (χ1n) is 7.59. The number of phenols is 1. The van der Waals surface area contributed by atoms with E-state index in [0.29, 0.717) is 6.07 Å². The number of aromatic carboxylic acids is 1. The number of aromatic hydroxyl groups is 1. The van der Waals surface area contributed by atoms with E-state index in [1.165, 1.54) is 11.3 Å². The molecule has 0 atom stereocenters. The summed E-state index contributed by atoms with van der Waals surface area (Å²) in [5.41, 5.74) is 6.28. The Morgan fingerprint density at radius 1 is 1.21 bits per heavy atom. The van der Waals surface area contributed by atoms with Gasteiger partial charge in [0.15, 0.2) is 0 Å². The minimum Gasteiger partial charge on any atom is -0.507 e. The van der Waals surface area contributed by atoms with Crippen LogP contribution in [-0.4, -0.2) is 29.2 Å². The number of nitrogens with two attached hydrogens (primary N) is 1. The largest absolute Gasteiger partial charge is 0.507 e. The van der Waals surface area contributed by atoms with Gasteiger partial charge in [0.05, 0.1) is 4.90 Å². The Bertz CT molecular complexity index is 1100. The normalized spacial score (nSPS) is 10.8. The number of carboxylic acid groups (broad SMARTS) is 1. The zero-order valence-corrected chi connectivity index (χ0v) is 16.6. The third-order valence-electron chi connectivity index (χ3n) is 3.51. The van der Waals surface area contributed by atoms with Crippen molar-refractivity contribution in [1.82, 2.24) is 0 Å². The first-order valence-corrected chi connectivity index (χ1v) is 10.3. The van der Waals surface area contributed by atoms with Crippen molar-refractivity contribution in [3.8, 4) is 5.75 Å². The quantitative estimate of drug-likeness (QED) is 0.358. The van der Waals surface area contributed by atoms with E-state index in [1.807, 2.05) is 40.4 Å². The number of carbonyl (C=O) groups is 1. The van der Waals surface area contributed by atoms with Crippen molar-refractivity contribution in [3.63, 3.8) is 0 Å². The lowest BCUT2D eigenvalue weighted by atomic mass is 10.2. The number of nitrogen functional groups attached to an aromatic ring is 1. The first-order chi connectivity index (χ1) is 13.1. The summed E-state index contributed by atoms with van der Waals surface area (Å²) >= 11 is 7.57. The number of nitrogens with zero attached hydrogens (tertiary/aromatic N) is 1. The Balaban J connectivity index is 0.000000200. The zero-order chi connectivity index (χ0) is 20.9. The number of aromatic nitrogens is 1. The third-order valence-corrected chi connectivity index (χ3v) is 5.46. The second kappa shape index (κ2) is 9.02. The van der Waals surface area contributed by atoms with Gasteiger partial charge in [-0.1, -0.05) is 41.1 Å². The van der Waals surface area contributed by atoms with E-state index in [-0.39, 0.29) is 0 Å². The highest BCUT2D eigenvalue weighted by atomic mass is 35.5. The fraction of sp³-hybridized carbons (Fsp3) is 0.0588. The van der Waals surface area contributed by atoms with Crippen LogP contribution in [0.3, 0.4) is 0 Å². The van der Waals surface area contributed by atoms with Crippen LogP contribution in [0.1, 0.15) is 15.9 Å². The van der Waals surface area contributed by atoms with Gasteiger partial charge in [-0.2, -0.15) is 8.42 Å². The van der Waals surface area contributed by atoms with Crippen LogP contribution >= 0.6 is 22.9 Å². The molecule has 2 aromatic carbocycles. The highest BCUT2D eigenvalue weighted by Gasteiger charge is 2.16. The second-order valence-electron chi connectivity index (χ2n) is 5.42. The predicted molar refractivity (Wildman–Crippen MR) is 104 cm³/mol. The number of halogens is 1. The molecule has 0 fully saturated rings. The average Bonchev–Trinajstić information content (AvgIpc) is 3.01. The number of rotatable bonds is 4. The van der Waals surface area contributed by atoms with E-state index in [2.05, 4.69) is 0 Å². The van der Waals surface area contributed by atoms with Crippen LogP contribution in [-0.2, 0) is 16.7 Å². The van der Waals surface area contributed by atoms with Gasteiger partial charge in [0.2, 0.25) is 0 Å². The second-order valence-corrected chi connectivity index (χ2v) is 8.17. The van der Waals surface area contributed by atoms with E-state index in [0.717, 1.165) is 34.4 Å². The lowest BCUT2D eigenvalue weighted by molar-refractivity contribution is -0.669. The van der Waals surface area contributed by atoms with E-state index in [9.17, 15) is 13.2 Å². The molecule has 1 heterocycles. The molecule has 1 aromatic heterocycles. The minimum atomic E-state index is -4.45. The molecule has 0 aliphatic carbocycles. The first kappa shape index (κ1) is 21.6. The Kier molecular flexibility index (Phi) is 6.97. The minimum absolute atomic E-state index is 0.565. The molecule has 148 valence electrons. The number of anilines is 1. The van der Waals surface area contributed by atoms with Gasteiger partial charge < -0.3 is 10.2 Å². The van der Waals surface area contributed by atoms with Gasteiger partial charge in [-0.15, -0.1) is 0 Å². The molecule has 0 unspecified atom stereocenters. The fourth-order valence-corrected chi connectivity index (χ4v) is 3.41. The maximum Gasteiger partial charge on any atom is 0.339 e. The van der Waals surface area contributed by atoms with Crippen molar-refractivity contribution >= 4 is 44.2 Å². The van der Waals surface area contributed by atoms with Gasteiger partial charge in [0, 0.05) is 16.0 Å². The summed E-state index contributed by atoms with van der Waals surface area (Å²) in [6.07, 6.45) is 1.96. The van der Waals surface area contributed by atoms with Gasteiger partial charge in [0.25, 0.3) is 10.1 Å². The van der Waals surface area contributed by atoms with Crippen molar-refractivity contribution < 1.29 is 32.5 Å². The molecule has 0 aliphatic rings. The Labute approximate surface area is 169 Å².